The molecule has 11 heteroatoms. The van der Waals surface area contributed by atoms with Gasteiger partial charge in [0.2, 0.25) is 5.91 Å². The highest BCUT2D eigenvalue weighted by Gasteiger charge is 2.40. The van der Waals surface area contributed by atoms with Crippen molar-refractivity contribution in [3.63, 3.8) is 0 Å². The molecule has 1 aliphatic rings. The maximum absolute atomic E-state index is 14.2. The van der Waals surface area contributed by atoms with Crippen LogP contribution in [0.4, 0.5) is 28.0 Å². The third-order valence-corrected chi connectivity index (χ3v) is 6.09. The van der Waals surface area contributed by atoms with E-state index in [1.807, 2.05) is 0 Å². The third kappa shape index (κ3) is 8.55. The molecule has 2 unspecified atom stereocenters. The van der Waals surface area contributed by atoms with Crippen LogP contribution in [0.15, 0.2) is 51.9 Å². The van der Waals surface area contributed by atoms with Crippen molar-refractivity contribution < 1.29 is 31.9 Å². The van der Waals surface area contributed by atoms with Crippen LogP contribution in [0.5, 0.6) is 0 Å². The number of alkyl halides is 3. The molecule has 2 aromatic carbocycles. The number of nitrogens with one attached hydrogen (secondary N) is 2. The van der Waals surface area contributed by atoms with Gasteiger partial charge < -0.3 is 15.4 Å². The molecule has 0 bridgehead atoms. The standard InChI is InChI=1S/C26H28BrF4N3O3/c1-25(2,3)37-24(36)32-14-15-5-4-6-16(11-15)20-9-7-17(12-22(33-20)26(29,30)31)23(35)34-21-10-8-18(27)13-19(21)28/h4-6,8,10-11,13,17,20H,7,9,12,14H2,1-3H3,(H,32,36)(H,34,35). The molecular formula is C26H28BrF4N3O3. The molecule has 0 saturated heterocycles. The Morgan fingerprint density at radius 1 is 1.11 bits per heavy atom. The van der Waals surface area contributed by atoms with Crippen LogP contribution in [0.2, 0.25) is 0 Å². The lowest BCUT2D eigenvalue weighted by Crippen LogP contribution is -2.32. The van der Waals surface area contributed by atoms with E-state index in [2.05, 4.69) is 31.6 Å². The minimum Gasteiger partial charge on any atom is -0.444 e. The van der Waals surface area contributed by atoms with E-state index >= 15 is 0 Å². The molecule has 1 aliphatic heterocycles. The molecule has 0 saturated carbocycles. The van der Waals surface area contributed by atoms with Gasteiger partial charge in [-0.05, 0) is 62.9 Å². The number of hydrogen-bond acceptors (Lipinski definition) is 4. The van der Waals surface area contributed by atoms with Gasteiger partial charge in [0.05, 0.1) is 11.7 Å². The minimum absolute atomic E-state index is 0.107. The SMILES string of the molecule is CC(C)(C)OC(=O)NCc1cccc(C2CCC(C(=O)Nc3ccc(Br)cc3F)CC(C(F)(F)F)=N2)c1. The Labute approximate surface area is 221 Å². The number of aliphatic imine (C=N–C) groups is 1. The maximum atomic E-state index is 14.2. The van der Waals surface area contributed by atoms with Crippen molar-refractivity contribution in [1.29, 1.82) is 0 Å². The lowest BCUT2D eigenvalue weighted by atomic mass is 9.93. The summed E-state index contributed by atoms with van der Waals surface area (Å²) in [7, 11) is 0. The average Bonchev–Trinajstić information content (AvgIpc) is 3.02. The van der Waals surface area contributed by atoms with Crippen molar-refractivity contribution in [2.45, 2.75) is 64.4 Å². The molecule has 2 aromatic rings. The topological polar surface area (TPSA) is 79.8 Å². The van der Waals surface area contributed by atoms with Gasteiger partial charge in [0, 0.05) is 23.4 Å². The summed E-state index contributed by atoms with van der Waals surface area (Å²) >= 11 is 3.12. The van der Waals surface area contributed by atoms with Crippen LogP contribution in [0.3, 0.4) is 0 Å². The molecule has 200 valence electrons. The van der Waals surface area contributed by atoms with Gasteiger partial charge >= 0.3 is 12.3 Å². The molecule has 0 aliphatic carbocycles. The molecule has 2 amide bonds. The predicted molar refractivity (Wildman–Crippen MR) is 136 cm³/mol. The number of halogens is 5. The number of carbonyl (C=O) groups excluding carboxylic acids is 2. The summed E-state index contributed by atoms with van der Waals surface area (Å²) in [5.41, 5.74) is -0.615. The molecule has 0 radical (unpaired) electrons. The molecule has 1 heterocycles. The van der Waals surface area contributed by atoms with E-state index in [1.165, 1.54) is 12.1 Å². The third-order valence-electron chi connectivity index (χ3n) is 5.60. The maximum Gasteiger partial charge on any atom is 0.429 e. The second-order valence-electron chi connectivity index (χ2n) is 9.78. The highest BCUT2D eigenvalue weighted by molar-refractivity contribution is 9.10. The minimum atomic E-state index is -4.72. The fourth-order valence-corrected chi connectivity index (χ4v) is 4.21. The van der Waals surface area contributed by atoms with Gasteiger partial charge in [0.25, 0.3) is 0 Å². The number of anilines is 1. The Balaban J connectivity index is 1.76. The quantitative estimate of drug-likeness (QED) is 0.367. The predicted octanol–water partition coefficient (Wildman–Crippen LogP) is 7.10. The Bertz CT molecular complexity index is 1180. The molecule has 6 nitrogen and oxygen atoms in total. The molecule has 0 spiro atoms. The summed E-state index contributed by atoms with van der Waals surface area (Å²) in [6.45, 7) is 5.32. The van der Waals surface area contributed by atoms with Crippen LogP contribution in [0.1, 0.15) is 57.2 Å². The normalized spacial score (nSPS) is 18.4. The lowest BCUT2D eigenvalue weighted by molar-refractivity contribution is -0.120. The average molecular weight is 586 g/mol. The van der Waals surface area contributed by atoms with Gasteiger partial charge in [0.1, 0.15) is 17.1 Å². The van der Waals surface area contributed by atoms with Gasteiger partial charge in [-0.15, -0.1) is 0 Å². The first-order valence-corrected chi connectivity index (χ1v) is 12.5. The van der Waals surface area contributed by atoms with Gasteiger partial charge in [-0.25, -0.2) is 9.18 Å². The summed E-state index contributed by atoms with van der Waals surface area (Å²) < 4.78 is 61.3. The first-order valence-electron chi connectivity index (χ1n) is 11.7. The highest BCUT2D eigenvalue weighted by atomic mass is 79.9. The summed E-state index contributed by atoms with van der Waals surface area (Å²) in [4.78, 5) is 28.7. The molecule has 0 fully saturated rings. The van der Waals surface area contributed by atoms with E-state index in [0.29, 0.717) is 15.6 Å². The Morgan fingerprint density at radius 3 is 2.49 bits per heavy atom. The molecule has 3 rings (SSSR count). The number of hydrogen-bond donors (Lipinski definition) is 2. The fourth-order valence-electron chi connectivity index (χ4n) is 3.88. The molecule has 37 heavy (non-hydrogen) atoms. The number of nitrogens with zero attached hydrogens (tertiary/aromatic N) is 1. The zero-order valence-electron chi connectivity index (χ0n) is 20.6. The Morgan fingerprint density at radius 2 is 1.84 bits per heavy atom. The number of ether oxygens (including phenoxy) is 1. The van der Waals surface area contributed by atoms with Crippen LogP contribution < -0.4 is 10.6 Å². The Hall–Kier alpha value is -2.95. The van der Waals surface area contributed by atoms with Crippen molar-refractivity contribution in [3.05, 3.63) is 63.9 Å². The number of amides is 2. The van der Waals surface area contributed by atoms with Gasteiger partial charge in [-0.3, -0.25) is 9.79 Å². The van der Waals surface area contributed by atoms with Crippen molar-refractivity contribution in [1.82, 2.24) is 5.32 Å². The number of carbonyl (C=O) groups is 2. The van der Waals surface area contributed by atoms with Crippen molar-refractivity contribution in [3.8, 4) is 0 Å². The van der Waals surface area contributed by atoms with E-state index in [0.717, 1.165) is 6.07 Å². The van der Waals surface area contributed by atoms with Crippen LogP contribution in [-0.4, -0.2) is 29.5 Å². The van der Waals surface area contributed by atoms with Gasteiger partial charge in [0.15, 0.2) is 0 Å². The fraction of sp³-hybridized carbons (Fsp3) is 0.423. The lowest BCUT2D eigenvalue weighted by Gasteiger charge is -2.20. The second-order valence-corrected chi connectivity index (χ2v) is 10.7. The largest absolute Gasteiger partial charge is 0.444 e. The smallest absolute Gasteiger partial charge is 0.429 e. The zero-order chi connectivity index (χ0) is 27.4. The van der Waals surface area contributed by atoms with E-state index < -0.39 is 53.7 Å². The van der Waals surface area contributed by atoms with E-state index in [9.17, 15) is 27.2 Å². The van der Waals surface area contributed by atoms with Crippen LogP contribution in [0.25, 0.3) is 0 Å². The van der Waals surface area contributed by atoms with Crippen LogP contribution in [-0.2, 0) is 16.1 Å². The number of rotatable bonds is 5. The summed E-state index contributed by atoms with van der Waals surface area (Å²) in [5, 5.41) is 5.03. The van der Waals surface area contributed by atoms with Crippen LogP contribution >= 0.6 is 15.9 Å². The van der Waals surface area contributed by atoms with Gasteiger partial charge in [-0.2, -0.15) is 13.2 Å². The summed E-state index contributed by atoms with van der Waals surface area (Å²) in [6, 6.07) is 9.94. The number of alkyl carbamates (subject to hydrolysis) is 1. The molecular weight excluding hydrogens is 558 g/mol. The highest BCUT2D eigenvalue weighted by Crippen LogP contribution is 2.35. The molecule has 2 N–H and O–H groups in total. The first-order chi connectivity index (χ1) is 17.2. The molecule has 0 aromatic heterocycles. The summed E-state index contributed by atoms with van der Waals surface area (Å²) in [5.74, 6) is -2.43. The van der Waals surface area contributed by atoms with E-state index in [1.54, 1.807) is 45.0 Å². The summed E-state index contributed by atoms with van der Waals surface area (Å²) in [6.07, 6.45) is -5.63. The van der Waals surface area contributed by atoms with E-state index in [4.69, 9.17) is 4.74 Å². The van der Waals surface area contributed by atoms with Gasteiger partial charge in [-0.1, -0.05) is 40.2 Å². The second kappa shape index (κ2) is 11.6. The van der Waals surface area contributed by atoms with Crippen molar-refractivity contribution >= 4 is 39.3 Å². The van der Waals surface area contributed by atoms with Crippen LogP contribution in [0, 0.1) is 11.7 Å². The first kappa shape index (κ1) is 28.6. The molecule has 2 atom stereocenters. The Kier molecular flexibility index (Phi) is 8.99. The van der Waals surface area contributed by atoms with Crippen molar-refractivity contribution in [2.75, 3.05) is 5.32 Å². The zero-order valence-corrected chi connectivity index (χ0v) is 22.2. The van der Waals surface area contributed by atoms with Crippen molar-refractivity contribution in [2.24, 2.45) is 10.9 Å². The van der Waals surface area contributed by atoms with E-state index in [-0.39, 0.29) is 25.1 Å². The number of benzene rings is 2. The monoisotopic (exact) mass is 585 g/mol.